The maximum atomic E-state index is 12.5. The van der Waals surface area contributed by atoms with Crippen LogP contribution in [0.2, 0.25) is 0 Å². The average molecular weight is 333 g/mol. The van der Waals surface area contributed by atoms with Crippen molar-refractivity contribution in [3.63, 3.8) is 0 Å². The van der Waals surface area contributed by atoms with Gasteiger partial charge in [0.25, 0.3) is 5.69 Å². The van der Waals surface area contributed by atoms with Gasteiger partial charge in [0.1, 0.15) is 5.69 Å². The molecule has 0 aromatic heterocycles. The number of hydrogen-bond acceptors (Lipinski definition) is 6. The van der Waals surface area contributed by atoms with Crippen molar-refractivity contribution in [3.8, 4) is 0 Å². The van der Waals surface area contributed by atoms with Crippen molar-refractivity contribution in [2.75, 3.05) is 24.8 Å². The molecule has 21 heavy (non-hydrogen) atoms. The predicted octanol–water partition coefficient (Wildman–Crippen LogP) is 1.94. The van der Waals surface area contributed by atoms with Gasteiger partial charge < -0.3 is 5.73 Å². The number of rotatable bonds is 7. The van der Waals surface area contributed by atoms with Crippen LogP contribution < -0.4 is 5.73 Å². The molecular weight excluding hydrogens is 314 g/mol. The van der Waals surface area contributed by atoms with Crippen molar-refractivity contribution in [3.05, 3.63) is 28.3 Å². The van der Waals surface area contributed by atoms with Crippen molar-refractivity contribution in [1.82, 2.24) is 4.31 Å². The first-order chi connectivity index (χ1) is 9.75. The molecule has 1 unspecified atom stereocenters. The Bertz CT molecular complexity index is 619. The molecule has 1 atom stereocenters. The molecule has 1 rings (SSSR count). The van der Waals surface area contributed by atoms with Crippen LogP contribution in [0.1, 0.15) is 13.3 Å². The maximum absolute atomic E-state index is 12.5. The van der Waals surface area contributed by atoms with Crippen LogP contribution in [-0.4, -0.2) is 42.7 Å². The first-order valence-electron chi connectivity index (χ1n) is 6.26. The highest BCUT2D eigenvalue weighted by Crippen LogP contribution is 2.27. The highest BCUT2D eigenvalue weighted by Gasteiger charge is 2.28. The quantitative estimate of drug-likeness (QED) is 0.464. The summed E-state index contributed by atoms with van der Waals surface area (Å²) in [7, 11) is -2.21. The number of nitro groups is 1. The van der Waals surface area contributed by atoms with Gasteiger partial charge in [0.2, 0.25) is 10.0 Å². The SMILES string of the molecule is CCC(CSC)N(C)S(=O)(=O)c1ccc([N+](=O)[O-])c(N)c1. The lowest BCUT2D eigenvalue weighted by Crippen LogP contribution is -2.38. The van der Waals surface area contributed by atoms with E-state index < -0.39 is 14.9 Å². The van der Waals surface area contributed by atoms with Crippen molar-refractivity contribution < 1.29 is 13.3 Å². The number of nitrogen functional groups attached to an aromatic ring is 1. The van der Waals surface area contributed by atoms with Crippen LogP contribution in [0.3, 0.4) is 0 Å². The van der Waals surface area contributed by atoms with Gasteiger partial charge in [-0.25, -0.2) is 8.42 Å². The fraction of sp³-hybridized carbons (Fsp3) is 0.500. The first kappa shape index (κ1) is 17.7. The summed E-state index contributed by atoms with van der Waals surface area (Å²) in [6, 6.07) is 3.33. The molecule has 1 aromatic carbocycles. The van der Waals surface area contributed by atoms with Gasteiger partial charge in [-0.05, 0) is 24.8 Å². The summed E-state index contributed by atoms with van der Waals surface area (Å²) >= 11 is 1.56. The molecule has 0 spiro atoms. The van der Waals surface area contributed by atoms with Crippen LogP contribution in [0, 0.1) is 10.1 Å². The molecule has 0 heterocycles. The Morgan fingerprint density at radius 2 is 2.10 bits per heavy atom. The molecule has 0 fully saturated rings. The van der Waals surface area contributed by atoms with E-state index in [0.29, 0.717) is 12.2 Å². The highest BCUT2D eigenvalue weighted by molar-refractivity contribution is 7.98. The zero-order chi connectivity index (χ0) is 16.2. The van der Waals surface area contributed by atoms with Crippen molar-refractivity contribution in [2.45, 2.75) is 24.3 Å². The summed E-state index contributed by atoms with van der Waals surface area (Å²) in [6.45, 7) is 1.91. The van der Waals surface area contributed by atoms with Crippen molar-refractivity contribution in [2.24, 2.45) is 0 Å². The third-order valence-corrected chi connectivity index (χ3v) is 5.84. The molecule has 0 bridgehead atoms. The van der Waals surface area contributed by atoms with Gasteiger partial charge >= 0.3 is 0 Å². The third kappa shape index (κ3) is 3.86. The number of thioether (sulfide) groups is 1. The van der Waals surface area contributed by atoms with Crippen LogP contribution in [0.15, 0.2) is 23.1 Å². The molecule has 0 radical (unpaired) electrons. The number of nitrogens with two attached hydrogens (primary N) is 1. The average Bonchev–Trinajstić information content (AvgIpc) is 2.43. The largest absolute Gasteiger partial charge is 0.393 e. The lowest BCUT2D eigenvalue weighted by molar-refractivity contribution is -0.383. The molecule has 0 aliphatic heterocycles. The molecule has 9 heteroatoms. The number of benzene rings is 1. The number of anilines is 1. The molecule has 2 N–H and O–H groups in total. The summed E-state index contributed by atoms with van der Waals surface area (Å²) in [5.74, 6) is 0.675. The summed E-state index contributed by atoms with van der Waals surface area (Å²) in [4.78, 5) is 10.0. The number of sulfonamides is 1. The van der Waals surface area contributed by atoms with Gasteiger partial charge in [0.15, 0.2) is 0 Å². The fourth-order valence-electron chi connectivity index (χ4n) is 1.89. The Morgan fingerprint density at radius 1 is 1.48 bits per heavy atom. The Hall–Kier alpha value is -1.32. The second-order valence-corrected chi connectivity index (χ2v) is 7.42. The number of nitrogens with zero attached hydrogens (tertiary/aromatic N) is 2. The molecule has 0 saturated carbocycles. The summed E-state index contributed by atoms with van der Waals surface area (Å²) < 4.78 is 26.4. The van der Waals surface area contributed by atoms with E-state index >= 15 is 0 Å². The number of nitro benzene ring substituents is 1. The normalized spacial score (nSPS) is 13.3. The van der Waals surface area contributed by atoms with E-state index in [4.69, 9.17) is 5.73 Å². The van der Waals surface area contributed by atoms with Crippen molar-refractivity contribution in [1.29, 1.82) is 0 Å². The molecule has 0 aliphatic carbocycles. The number of hydrogen-bond donors (Lipinski definition) is 1. The van der Waals surface area contributed by atoms with Gasteiger partial charge in [0, 0.05) is 24.9 Å². The summed E-state index contributed by atoms with van der Waals surface area (Å²) in [5, 5.41) is 10.7. The van der Waals surface area contributed by atoms with Gasteiger partial charge in [-0.1, -0.05) is 6.92 Å². The van der Waals surface area contributed by atoms with Crippen LogP contribution in [-0.2, 0) is 10.0 Å². The minimum absolute atomic E-state index is 0.0346. The van der Waals surface area contributed by atoms with E-state index in [1.807, 2.05) is 13.2 Å². The summed E-state index contributed by atoms with van der Waals surface area (Å²) in [5.41, 5.74) is 5.10. The topological polar surface area (TPSA) is 107 Å². The monoisotopic (exact) mass is 333 g/mol. The second kappa shape index (κ2) is 7.10. The Kier molecular flexibility index (Phi) is 5.99. The van der Waals surface area contributed by atoms with Gasteiger partial charge in [-0.15, -0.1) is 0 Å². The Morgan fingerprint density at radius 3 is 2.52 bits per heavy atom. The smallest absolute Gasteiger partial charge is 0.292 e. The van der Waals surface area contributed by atoms with Gasteiger partial charge in [0.05, 0.1) is 9.82 Å². The first-order valence-corrected chi connectivity index (χ1v) is 9.10. The lowest BCUT2D eigenvalue weighted by atomic mass is 10.3. The van der Waals surface area contributed by atoms with Crippen molar-refractivity contribution >= 4 is 33.2 Å². The minimum atomic E-state index is -3.72. The lowest BCUT2D eigenvalue weighted by Gasteiger charge is -2.26. The summed E-state index contributed by atoms with van der Waals surface area (Å²) in [6.07, 6.45) is 2.59. The van der Waals surface area contributed by atoms with E-state index in [1.165, 1.54) is 17.4 Å². The van der Waals surface area contributed by atoms with E-state index in [0.717, 1.165) is 12.1 Å². The molecule has 0 aliphatic rings. The van der Waals surface area contributed by atoms with Gasteiger partial charge in [-0.3, -0.25) is 10.1 Å². The standard InChI is InChI=1S/C12H19N3O4S2/c1-4-9(8-20-3)14(2)21(18,19)10-5-6-12(15(16)17)11(13)7-10/h5-7,9H,4,8,13H2,1-3H3. The molecule has 0 amide bonds. The molecular formula is C12H19N3O4S2. The van der Waals surface area contributed by atoms with Crippen LogP contribution in [0.5, 0.6) is 0 Å². The Balaban J connectivity index is 3.18. The zero-order valence-electron chi connectivity index (χ0n) is 12.1. The van der Waals surface area contributed by atoms with Crippen LogP contribution >= 0.6 is 11.8 Å². The fourth-order valence-corrected chi connectivity index (χ4v) is 4.30. The Labute approximate surface area is 128 Å². The minimum Gasteiger partial charge on any atom is -0.393 e. The molecule has 7 nitrogen and oxygen atoms in total. The third-order valence-electron chi connectivity index (χ3n) is 3.22. The van der Waals surface area contributed by atoms with Gasteiger partial charge in [-0.2, -0.15) is 16.1 Å². The van der Waals surface area contributed by atoms with E-state index in [1.54, 1.807) is 11.8 Å². The van der Waals surface area contributed by atoms with Crippen LogP contribution in [0.25, 0.3) is 0 Å². The second-order valence-electron chi connectivity index (χ2n) is 4.52. The molecule has 0 saturated heterocycles. The predicted molar refractivity (Wildman–Crippen MR) is 84.9 cm³/mol. The van der Waals surface area contributed by atoms with E-state index in [9.17, 15) is 18.5 Å². The molecule has 118 valence electrons. The highest BCUT2D eigenvalue weighted by atomic mass is 32.2. The zero-order valence-corrected chi connectivity index (χ0v) is 13.8. The molecule has 1 aromatic rings. The van der Waals surface area contributed by atoms with E-state index in [-0.39, 0.29) is 22.3 Å². The van der Waals surface area contributed by atoms with Crippen LogP contribution in [0.4, 0.5) is 11.4 Å². The maximum Gasteiger partial charge on any atom is 0.292 e. The van der Waals surface area contributed by atoms with E-state index in [2.05, 4.69) is 0 Å².